The Labute approximate surface area is 148 Å². The van der Waals surface area contributed by atoms with Crippen LogP contribution in [-0.2, 0) is 14.6 Å². The van der Waals surface area contributed by atoms with E-state index in [9.17, 15) is 13.2 Å². The molecule has 0 unspecified atom stereocenters. The van der Waals surface area contributed by atoms with Crippen molar-refractivity contribution in [2.75, 3.05) is 23.4 Å². The number of hydrogen-bond donors (Lipinski definition) is 1. The monoisotopic (exact) mass is 360 g/mol. The summed E-state index contributed by atoms with van der Waals surface area (Å²) >= 11 is 0. The van der Waals surface area contributed by atoms with E-state index in [1.165, 1.54) is 0 Å². The number of nitrogens with one attached hydrogen (secondary N) is 1. The van der Waals surface area contributed by atoms with Crippen LogP contribution in [0.5, 0.6) is 0 Å². The third-order valence-electron chi connectivity index (χ3n) is 4.78. The van der Waals surface area contributed by atoms with Crippen LogP contribution in [0.2, 0.25) is 0 Å². The van der Waals surface area contributed by atoms with E-state index < -0.39 is 15.9 Å². The molecule has 1 heterocycles. The van der Waals surface area contributed by atoms with Crippen LogP contribution in [0.3, 0.4) is 0 Å². The van der Waals surface area contributed by atoms with Crippen molar-refractivity contribution in [3.8, 4) is 0 Å². The molecule has 1 aliphatic rings. The summed E-state index contributed by atoms with van der Waals surface area (Å²) in [5.74, 6) is 0.196. The SMILES string of the molecule is CCN(C(=O)[C@@H](C)Nc1ccc2ccccc2c1)[C@H]1CCS(=O)(=O)C1. The number of hydrogen-bond acceptors (Lipinski definition) is 4. The first-order valence-electron chi connectivity index (χ1n) is 8.66. The molecule has 1 fully saturated rings. The minimum Gasteiger partial charge on any atom is -0.374 e. The Balaban J connectivity index is 1.72. The highest BCUT2D eigenvalue weighted by Gasteiger charge is 2.35. The second-order valence-electron chi connectivity index (χ2n) is 6.61. The molecule has 0 bridgehead atoms. The van der Waals surface area contributed by atoms with Gasteiger partial charge >= 0.3 is 0 Å². The lowest BCUT2D eigenvalue weighted by Gasteiger charge is -2.30. The second kappa shape index (κ2) is 7.04. The number of anilines is 1. The molecule has 0 saturated carbocycles. The van der Waals surface area contributed by atoms with Gasteiger partial charge in [-0.2, -0.15) is 0 Å². The predicted molar refractivity (Wildman–Crippen MR) is 101 cm³/mol. The van der Waals surface area contributed by atoms with Gasteiger partial charge in [-0.3, -0.25) is 4.79 Å². The van der Waals surface area contributed by atoms with E-state index in [-0.39, 0.29) is 23.5 Å². The van der Waals surface area contributed by atoms with Crippen LogP contribution >= 0.6 is 0 Å². The summed E-state index contributed by atoms with van der Waals surface area (Å²) in [6, 6.07) is 13.5. The largest absolute Gasteiger partial charge is 0.374 e. The maximum atomic E-state index is 12.8. The number of nitrogens with zero attached hydrogens (tertiary/aromatic N) is 1. The van der Waals surface area contributed by atoms with Gasteiger partial charge in [0.05, 0.1) is 11.5 Å². The van der Waals surface area contributed by atoms with Crippen LogP contribution in [0.25, 0.3) is 10.8 Å². The fourth-order valence-corrected chi connectivity index (χ4v) is 5.19. The van der Waals surface area contributed by atoms with Crippen LogP contribution in [0.4, 0.5) is 5.69 Å². The van der Waals surface area contributed by atoms with Gasteiger partial charge in [-0.25, -0.2) is 8.42 Å². The molecule has 0 spiro atoms. The van der Waals surface area contributed by atoms with Gasteiger partial charge in [0.1, 0.15) is 6.04 Å². The molecule has 6 heteroatoms. The molecule has 5 nitrogen and oxygen atoms in total. The fourth-order valence-electron chi connectivity index (χ4n) is 3.45. The Morgan fingerprint density at radius 1 is 1.24 bits per heavy atom. The third-order valence-corrected chi connectivity index (χ3v) is 6.53. The summed E-state index contributed by atoms with van der Waals surface area (Å²) in [4.78, 5) is 14.5. The minimum atomic E-state index is -3.01. The number of carbonyl (C=O) groups is 1. The van der Waals surface area contributed by atoms with Gasteiger partial charge in [0.25, 0.3) is 0 Å². The smallest absolute Gasteiger partial charge is 0.245 e. The summed E-state index contributed by atoms with van der Waals surface area (Å²) in [6.07, 6.45) is 0.532. The van der Waals surface area contributed by atoms with Gasteiger partial charge in [0.2, 0.25) is 5.91 Å². The van der Waals surface area contributed by atoms with Crippen molar-refractivity contribution in [2.45, 2.75) is 32.4 Å². The Bertz CT molecular complexity index is 879. The fraction of sp³-hybridized carbons (Fsp3) is 0.421. The van der Waals surface area contributed by atoms with Gasteiger partial charge in [-0.05, 0) is 43.2 Å². The summed E-state index contributed by atoms with van der Waals surface area (Å²) in [7, 11) is -3.01. The molecule has 1 saturated heterocycles. The van der Waals surface area contributed by atoms with Gasteiger partial charge in [-0.15, -0.1) is 0 Å². The molecule has 0 radical (unpaired) electrons. The van der Waals surface area contributed by atoms with Crippen molar-refractivity contribution in [2.24, 2.45) is 0 Å². The Morgan fingerprint density at radius 2 is 1.96 bits per heavy atom. The van der Waals surface area contributed by atoms with Gasteiger partial charge in [-0.1, -0.05) is 30.3 Å². The first-order valence-corrected chi connectivity index (χ1v) is 10.5. The first kappa shape index (κ1) is 17.7. The third kappa shape index (κ3) is 3.95. The Hall–Kier alpha value is -2.08. The van der Waals surface area contributed by atoms with Crippen LogP contribution in [0.1, 0.15) is 20.3 Å². The van der Waals surface area contributed by atoms with Crippen LogP contribution in [0, 0.1) is 0 Å². The number of carbonyl (C=O) groups excluding carboxylic acids is 1. The highest BCUT2D eigenvalue weighted by Crippen LogP contribution is 2.21. The number of sulfone groups is 1. The predicted octanol–water partition coefficient (Wildman–Crippen LogP) is 2.68. The molecule has 2 aromatic rings. The maximum Gasteiger partial charge on any atom is 0.245 e. The zero-order chi connectivity index (χ0) is 18.0. The molecule has 3 rings (SSSR count). The molecule has 25 heavy (non-hydrogen) atoms. The number of amides is 1. The first-order chi connectivity index (χ1) is 11.9. The zero-order valence-electron chi connectivity index (χ0n) is 14.6. The van der Waals surface area contributed by atoms with Gasteiger partial charge in [0.15, 0.2) is 9.84 Å². The molecular weight excluding hydrogens is 336 g/mol. The van der Waals surface area contributed by atoms with E-state index in [0.717, 1.165) is 16.5 Å². The van der Waals surface area contributed by atoms with E-state index >= 15 is 0 Å². The van der Waals surface area contributed by atoms with E-state index in [0.29, 0.717) is 13.0 Å². The zero-order valence-corrected chi connectivity index (χ0v) is 15.4. The van der Waals surface area contributed by atoms with Crippen LogP contribution in [0.15, 0.2) is 42.5 Å². The highest BCUT2D eigenvalue weighted by atomic mass is 32.2. The molecule has 0 aliphatic carbocycles. The highest BCUT2D eigenvalue weighted by molar-refractivity contribution is 7.91. The molecule has 2 aromatic carbocycles. The number of benzene rings is 2. The second-order valence-corrected chi connectivity index (χ2v) is 8.84. The lowest BCUT2D eigenvalue weighted by Crippen LogP contribution is -2.47. The van der Waals surface area contributed by atoms with E-state index in [2.05, 4.69) is 5.32 Å². The van der Waals surface area contributed by atoms with E-state index in [1.807, 2.05) is 56.3 Å². The minimum absolute atomic E-state index is 0.0576. The Morgan fingerprint density at radius 3 is 2.60 bits per heavy atom. The topological polar surface area (TPSA) is 66.5 Å². The van der Waals surface area contributed by atoms with Crippen molar-refractivity contribution >= 4 is 32.2 Å². The van der Waals surface area contributed by atoms with Gasteiger partial charge < -0.3 is 10.2 Å². The molecular formula is C19H24N2O3S. The summed E-state index contributed by atoms with van der Waals surface area (Å²) in [5.41, 5.74) is 0.884. The number of rotatable bonds is 5. The van der Waals surface area contributed by atoms with Crippen LogP contribution in [-0.4, -0.2) is 49.4 Å². The molecule has 1 N–H and O–H groups in total. The molecule has 1 amide bonds. The average Bonchev–Trinajstić information content (AvgIpc) is 2.95. The van der Waals surface area contributed by atoms with Gasteiger partial charge in [0, 0.05) is 18.3 Å². The van der Waals surface area contributed by atoms with Crippen LogP contribution < -0.4 is 5.32 Å². The summed E-state index contributed by atoms with van der Waals surface area (Å²) in [5, 5.41) is 5.52. The van der Waals surface area contributed by atoms with Crippen molar-refractivity contribution in [1.29, 1.82) is 0 Å². The molecule has 134 valence electrons. The van der Waals surface area contributed by atoms with Crippen molar-refractivity contribution in [3.05, 3.63) is 42.5 Å². The molecule has 1 aliphatic heterocycles. The van der Waals surface area contributed by atoms with Crippen molar-refractivity contribution in [1.82, 2.24) is 4.90 Å². The number of fused-ring (bicyclic) bond motifs is 1. The quantitative estimate of drug-likeness (QED) is 0.890. The van der Waals surface area contributed by atoms with E-state index in [1.54, 1.807) is 4.90 Å². The maximum absolute atomic E-state index is 12.8. The Kier molecular flexibility index (Phi) is 4.99. The molecule has 2 atom stereocenters. The normalized spacial score (nSPS) is 20.3. The summed E-state index contributed by atoms with van der Waals surface area (Å²) < 4.78 is 23.4. The molecule has 0 aromatic heterocycles. The van der Waals surface area contributed by atoms with E-state index in [4.69, 9.17) is 0 Å². The average molecular weight is 360 g/mol. The standard InChI is InChI=1S/C19H24N2O3S/c1-3-21(18-10-11-25(23,24)13-18)19(22)14(2)20-17-9-8-15-6-4-5-7-16(15)12-17/h4-9,12,14,18,20H,3,10-11,13H2,1-2H3/t14-,18+/m1/s1. The lowest BCUT2D eigenvalue weighted by atomic mass is 10.1. The van der Waals surface area contributed by atoms with Crippen molar-refractivity contribution < 1.29 is 13.2 Å². The summed E-state index contributed by atoms with van der Waals surface area (Å²) in [6.45, 7) is 4.23. The lowest BCUT2D eigenvalue weighted by molar-refractivity contribution is -0.133. The van der Waals surface area contributed by atoms with Crippen molar-refractivity contribution in [3.63, 3.8) is 0 Å². The number of likely N-dealkylation sites (N-methyl/N-ethyl adjacent to an activating group) is 1.